The van der Waals surface area contributed by atoms with Crippen LogP contribution >= 0.6 is 39.1 Å². The summed E-state index contributed by atoms with van der Waals surface area (Å²) in [6.07, 6.45) is 5.41. The summed E-state index contributed by atoms with van der Waals surface area (Å²) < 4.78 is 0. The molecule has 0 amide bonds. The predicted octanol–water partition coefficient (Wildman–Crippen LogP) is 4.63. The average Bonchev–Trinajstić information content (AvgIpc) is 2.13. The van der Waals surface area contributed by atoms with Crippen LogP contribution in [0.2, 0.25) is 0 Å². The van der Waals surface area contributed by atoms with E-state index in [2.05, 4.69) is 22.5 Å². The molecule has 0 aromatic carbocycles. The van der Waals surface area contributed by atoms with Crippen molar-refractivity contribution in [3.05, 3.63) is 35.4 Å². The molecule has 0 aromatic rings. The third-order valence-corrected chi connectivity index (χ3v) is 3.46. The molecule has 74 valence electrons. The normalized spacial score (nSPS) is 19.9. The lowest BCUT2D eigenvalue weighted by Crippen LogP contribution is -2.24. The molecule has 3 heteroatoms. The van der Waals surface area contributed by atoms with E-state index in [1.807, 2.05) is 31.0 Å². The van der Waals surface area contributed by atoms with E-state index in [1.54, 1.807) is 6.08 Å². The second-order valence-electron chi connectivity index (χ2n) is 2.97. The molecule has 0 fully saturated rings. The maximum Gasteiger partial charge on any atom is 0.0793 e. The van der Waals surface area contributed by atoms with Crippen LogP contribution in [0.3, 0.4) is 0 Å². The van der Waals surface area contributed by atoms with Crippen molar-refractivity contribution in [1.29, 1.82) is 0 Å². The van der Waals surface area contributed by atoms with Crippen LogP contribution < -0.4 is 0 Å². The Hall–Kier alpha value is 0.280. The van der Waals surface area contributed by atoms with Gasteiger partial charge in [-0.1, -0.05) is 34.2 Å². The number of allylic oxidation sites excluding steroid dienone is 4. The summed E-state index contributed by atoms with van der Waals surface area (Å²) in [5, 5.41) is -0.255. The summed E-state index contributed by atoms with van der Waals surface area (Å²) in [6.45, 7) is 7.42. The number of alkyl halides is 2. The Bertz CT molecular complexity index is 229. The Balaban J connectivity index is 4.38. The van der Waals surface area contributed by atoms with Crippen molar-refractivity contribution in [2.75, 3.05) is 0 Å². The first-order valence-corrected chi connectivity index (χ1v) is 5.59. The quantitative estimate of drug-likeness (QED) is 0.401. The largest absolute Gasteiger partial charge is 0.116 e. The van der Waals surface area contributed by atoms with Gasteiger partial charge in [0.2, 0.25) is 0 Å². The predicted molar refractivity (Wildman–Crippen MR) is 65.9 cm³/mol. The van der Waals surface area contributed by atoms with Gasteiger partial charge in [0.25, 0.3) is 0 Å². The highest BCUT2D eigenvalue weighted by atomic mass is 79.9. The molecule has 13 heavy (non-hydrogen) atoms. The van der Waals surface area contributed by atoms with Crippen LogP contribution in [-0.4, -0.2) is 10.3 Å². The maximum atomic E-state index is 6.07. The molecule has 0 spiro atoms. The summed E-state index contributed by atoms with van der Waals surface area (Å²) in [4.78, 5) is 1.23. The fraction of sp³-hybridized carbons (Fsp3) is 0.400. The molecular formula is C10H13BrCl2. The Labute approximate surface area is 98.4 Å². The van der Waals surface area contributed by atoms with Crippen molar-refractivity contribution in [3.8, 4) is 0 Å². The molecule has 0 aliphatic rings. The summed E-state index contributed by atoms with van der Waals surface area (Å²) in [6, 6.07) is 0. The topological polar surface area (TPSA) is 0 Å². The first kappa shape index (κ1) is 13.3. The average molecular weight is 284 g/mol. The molecule has 0 bridgehead atoms. The third-order valence-electron chi connectivity index (χ3n) is 1.64. The van der Waals surface area contributed by atoms with Crippen molar-refractivity contribution in [2.24, 2.45) is 0 Å². The van der Waals surface area contributed by atoms with E-state index < -0.39 is 4.87 Å². The van der Waals surface area contributed by atoms with Crippen molar-refractivity contribution < 1.29 is 0 Å². The lowest BCUT2D eigenvalue weighted by molar-refractivity contribution is 0.801. The van der Waals surface area contributed by atoms with Crippen LogP contribution in [0, 0.1) is 0 Å². The molecule has 0 radical (unpaired) electrons. The smallest absolute Gasteiger partial charge is 0.0793 e. The van der Waals surface area contributed by atoms with Gasteiger partial charge in [-0.3, -0.25) is 0 Å². The molecule has 0 aliphatic heterocycles. The van der Waals surface area contributed by atoms with Gasteiger partial charge in [-0.25, -0.2) is 0 Å². The first-order chi connectivity index (χ1) is 5.94. The molecule has 0 heterocycles. The van der Waals surface area contributed by atoms with Crippen LogP contribution in [0.5, 0.6) is 0 Å². The molecular weight excluding hydrogens is 271 g/mol. The van der Waals surface area contributed by atoms with Gasteiger partial charge < -0.3 is 0 Å². The van der Waals surface area contributed by atoms with Gasteiger partial charge in [0.1, 0.15) is 0 Å². The third kappa shape index (κ3) is 4.90. The van der Waals surface area contributed by atoms with E-state index in [0.29, 0.717) is 0 Å². The zero-order chi connectivity index (χ0) is 10.5. The highest BCUT2D eigenvalue weighted by Crippen LogP contribution is 2.26. The highest BCUT2D eigenvalue weighted by molar-refractivity contribution is 9.11. The molecule has 2 atom stereocenters. The first-order valence-electron chi connectivity index (χ1n) is 3.86. The van der Waals surface area contributed by atoms with E-state index >= 15 is 0 Å². The van der Waals surface area contributed by atoms with E-state index in [9.17, 15) is 0 Å². The lowest BCUT2D eigenvalue weighted by atomic mass is 10.1. The second kappa shape index (κ2) is 5.90. The van der Waals surface area contributed by atoms with Crippen LogP contribution in [-0.2, 0) is 0 Å². The number of rotatable bonds is 4. The fourth-order valence-corrected chi connectivity index (χ4v) is 0.961. The molecule has 0 aromatic heterocycles. The Morgan fingerprint density at radius 3 is 2.54 bits per heavy atom. The molecule has 0 aliphatic carbocycles. The van der Waals surface area contributed by atoms with E-state index in [4.69, 9.17) is 23.2 Å². The highest BCUT2D eigenvalue weighted by Gasteiger charge is 2.24. The van der Waals surface area contributed by atoms with Crippen LogP contribution in [0.15, 0.2) is 35.4 Å². The molecule has 0 nitrogen and oxygen atoms in total. The summed E-state index contributed by atoms with van der Waals surface area (Å²) in [5.74, 6) is 0. The minimum atomic E-state index is -0.593. The Morgan fingerprint density at radius 2 is 2.15 bits per heavy atom. The van der Waals surface area contributed by atoms with Gasteiger partial charge in [-0.05, 0) is 24.4 Å². The minimum absolute atomic E-state index is 0.255. The Kier molecular flexibility index (Phi) is 6.02. The standard InChI is InChI=1S/C10H13BrCl2/c1-4-10(3,13)9(12)6-5-8(2)7-11/h4-7,9H,1H2,2-3H3/b6-5+,8-7-/t9-,10-/m0/s1. The Morgan fingerprint density at radius 1 is 1.62 bits per heavy atom. The maximum absolute atomic E-state index is 6.07. The SMILES string of the molecule is C=C[C@](C)(Cl)[C@@H](Cl)/C=C/C(C)=C\Br. The van der Waals surface area contributed by atoms with E-state index in [0.717, 1.165) is 5.57 Å². The van der Waals surface area contributed by atoms with Crippen molar-refractivity contribution in [1.82, 2.24) is 0 Å². The van der Waals surface area contributed by atoms with Crippen LogP contribution in [0.4, 0.5) is 0 Å². The zero-order valence-electron chi connectivity index (χ0n) is 7.73. The fourth-order valence-electron chi connectivity index (χ4n) is 0.573. The zero-order valence-corrected chi connectivity index (χ0v) is 10.8. The van der Waals surface area contributed by atoms with Crippen LogP contribution in [0.1, 0.15) is 13.8 Å². The molecule has 0 N–H and O–H groups in total. The minimum Gasteiger partial charge on any atom is -0.116 e. The van der Waals surface area contributed by atoms with Gasteiger partial charge in [-0.2, -0.15) is 0 Å². The van der Waals surface area contributed by atoms with Gasteiger partial charge >= 0.3 is 0 Å². The van der Waals surface area contributed by atoms with Gasteiger partial charge in [0.05, 0.1) is 10.3 Å². The molecule has 0 unspecified atom stereocenters. The summed E-state index contributed by atoms with van der Waals surface area (Å²) in [7, 11) is 0. The molecule has 0 saturated heterocycles. The van der Waals surface area contributed by atoms with Crippen molar-refractivity contribution >= 4 is 39.1 Å². The van der Waals surface area contributed by atoms with Crippen LogP contribution in [0.25, 0.3) is 0 Å². The molecule has 0 saturated carbocycles. The van der Waals surface area contributed by atoms with Crippen molar-refractivity contribution in [3.63, 3.8) is 0 Å². The van der Waals surface area contributed by atoms with Gasteiger partial charge in [0, 0.05) is 0 Å². The second-order valence-corrected chi connectivity index (χ2v) is 4.71. The summed E-state index contributed by atoms with van der Waals surface area (Å²) >= 11 is 15.3. The molecule has 0 rings (SSSR count). The monoisotopic (exact) mass is 282 g/mol. The number of hydrogen-bond acceptors (Lipinski definition) is 0. The van der Waals surface area contributed by atoms with Gasteiger partial charge in [-0.15, -0.1) is 29.8 Å². The summed E-state index contributed by atoms with van der Waals surface area (Å²) in [5.41, 5.74) is 1.09. The van der Waals surface area contributed by atoms with Gasteiger partial charge in [0.15, 0.2) is 0 Å². The lowest BCUT2D eigenvalue weighted by Gasteiger charge is -2.20. The number of halogens is 3. The van der Waals surface area contributed by atoms with E-state index in [1.165, 1.54) is 0 Å². The number of hydrogen-bond donors (Lipinski definition) is 0. The van der Waals surface area contributed by atoms with Crippen molar-refractivity contribution in [2.45, 2.75) is 24.1 Å². The van der Waals surface area contributed by atoms with E-state index in [-0.39, 0.29) is 5.38 Å².